The first kappa shape index (κ1) is 52.6. The second kappa shape index (κ2) is 20.4. The second-order valence-electron chi connectivity index (χ2n) is 22.5. The zero-order chi connectivity index (χ0) is 47.7. The van der Waals surface area contributed by atoms with Crippen LogP contribution in [0.25, 0.3) is 0 Å². The highest BCUT2D eigenvalue weighted by atomic mass is 16.6. The van der Waals surface area contributed by atoms with Crippen molar-refractivity contribution in [2.75, 3.05) is 33.3 Å². The molecule has 9 unspecified atom stereocenters. The molecule has 11 heteroatoms. The third kappa shape index (κ3) is 9.92. The quantitative estimate of drug-likeness (QED) is 0.0789. The van der Waals surface area contributed by atoms with Crippen molar-refractivity contribution in [1.29, 1.82) is 0 Å². The Kier molecular flexibility index (Phi) is 16.8. The zero-order valence-corrected chi connectivity index (χ0v) is 41.8. The molecule has 0 aromatic rings. The lowest BCUT2D eigenvalue weighted by atomic mass is 9.44. The van der Waals surface area contributed by atoms with Gasteiger partial charge in [0.05, 0.1) is 36.9 Å². The zero-order valence-electron chi connectivity index (χ0n) is 41.8. The number of aliphatic hydroxyl groups is 4. The van der Waals surface area contributed by atoms with Gasteiger partial charge in [-0.3, -0.25) is 14.5 Å². The SMILES string of the molecule is C=C1C[C@H](CC)[C@@](C)(O)C(O)C(C)N(CCCNCCC(=O)O[C@]2(C(=O)OC)CCC3C4CCC5=CC(=O)C=CC5(C)C4C(C)CC32C)C[C@H](C)C[C@@](C)(O)[C@H](O)[C@@H](C)[C@H](CC)C1C. The number of methoxy groups -OCH3 is 1. The first-order chi connectivity index (χ1) is 29.9. The van der Waals surface area contributed by atoms with Gasteiger partial charge in [-0.2, -0.15) is 0 Å². The van der Waals surface area contributed by atoms with Gasteiger partial charge in [-0.25, -0.2) is 4.79 Å². The molecule has 0 bridgehead atoms. The third-order valence-corrected chi connectivity index (χ3v) is 18.4. The summed E-state index contributed by atoms with van der Waals surface area (Å²) in [5, 5.41) is 50.9. The van der Waals surface area contributed by atoms with Gasteiger partial charge in [0.2, 0.25) is 5.60 Å². The van der Waals surface area contributed by atoms with E-state index in [9.17, 15) is 34.8 Å². The van der Waals surface area contributed by atoms with E-state index in [0.29, 0.717) is 76.5 Å². The van der Waals surface area contributed by atoms with Crippen LogP contribution < -0.4 is 5.32 Å². The first-order valence-corrected chi connectivity index (χ1v) is 25.0. The van der Waals surface area contributed by atoms with Crippen molar-refractivity contribution in [2.24, 2.45) is 64.1 Å². The van der Waals surface area contributed by atoms with Crippen LogP contribution in [-0.4, -0.2) is 111 Å². The molecule has 4 fully saturated rings. The molecule has 0 aromatic carbocycles. The average molecular weight is 897 g/mol. The molecule has 17 atom stereocenters. The molecule has 4 aliphatic carbocycles. The van der Waals surface area contributed by atoms with Crippen LogP contribution in [-0.2, 0) is 23.9 Å². The molecule has 0 aromatic heterocycles. The van der Waals surface area contributed by atoms with E-state index < -0.39 is 52.4 Å². The molecular formula is C53H88N2O9. The maximum absolute atomic E-state index is 13.9. The number of fused-ring (bicyclic) bond motifs is 5. The summed E-state index contributed by atoms with van der Waals surface area (Å²) in [7, 11) is 1.38. The maximum Gasteiger partial charge on any atom is 0.350 e. The molecule has 0 radical (unpaired) electrons. The lowest BCUT2D eigenvalue weighted by Gasteiger charge is -2.60. The van der Waals surface area contributed by atoms with Gasteiger partial charge in [0.1, 0.15) is 0 Å². The van der Waals surface area contributed by atoms with Crippen LogP contribution in [0, 0.1) is 64.1 Å². The minimum absolute atomic E-state index is 0.0405. The number of ether oxygens (including phenoxy) is 2. The van der Waals surface area contributed by atoms with Gasteiger partial charge in [0, 0.05) is 30.0 Å². The number of carbonyl (C=O) groups excluding carboxylic acids is 3. The van der Waals surface area contributed by atoms with Crippen molar-refractivity contribution < 1.29 is 44.3 Å². The highest BCUT2D eigenvalue weighted by Gasteiger charge is 2.70. The third-order valence-electron chi connectivity index (χ3n) is 18.4. The molecule has 64 heavy (non-hydrogen) atoms. The van der Waals surface area contributed by atoms with Gasteiger partial charge in [-0.1, -0.05) is 92.0 Å². The molecule has 0 amide bonds. The number of allylic oxidation sites excluding steroid dienone is 5. The molecule has 5 aliphatic rings. The minimum Gasteiger partial charge on any atom is -0.466 e. The monoisotopic (exact) mass is 897 g/mol. The Morgan fingerprint density at radius 1 is 0.969 bits per heavy atom. The van der Waals surface area contributed by atoms with Crippen molar-refractivity contribution in [1.82, 2.24) is 10.2 Å². The van der Waals surface area contributed by atoms with Gasteiger partial charge in [0.25, 0.3) is 0 Å². The van der Waals surface area contributed by atoms with Gasteiger partial charge in [-0.05, 0) is 151 Å². The van der Waals surface area contributed by atoms with E-state index in [-0.39, 0.29) is 59.0 Å². The van der Waals surface area contributed by atoms with Crippen LogP contribution in [0.1, 0.15) is 147 Å². The number of rotatable bonds is 11. The smallest absolute Gasteiger partial charge is 0.350 e. The van der Waals surface area contributed by atoms with E-state index >= 15 is 0 Å². The summed E-state index contributed by atoms with van der Waals surface area (Å²) < 4.78 is 11.8. The summed E-state index contributed by atoms with van der Waals surface area (Å²) >= 11 is 0. The number of nitrogens with one attached hydrogen (secondary N) is 1. The molecule has 364 valence electrons. The predicted molar refractivity (Wildman–Crippen MR) is 252 cm³/mol. The van der Waals surface area contributed by atoms with Crippen molar-refractivity contribution in [3.8, 4) is 0 Å². The fraction of sp³-hybridized carbons (Fsp3) is 0.830. The van der Waals surface area contributed by atoms with Crippen LogP contribution >= 0.6 is 0 Å². The van der Waals surface area contributed by atoms with Crippen LogP contribution in [0.3, 0.4) is 0 Å². The van der Waals surface area contributed by atoms with E-state index in [4.69, 9.17) is 9.47 Å². The second-order valence-corrected chi connectivity index (χ2v) is 22.5. The summed E-state index contributed by atoms with van der Waals surface area (Å²) in [4.78, 5) is 42.2. The molecule has 1 saturated heterocycles. The molecule has 1 heterocycles. The average Bonchev–Trinajstić information content (AvgIpc) is 3.52. The molecule has 11 nitrogen and oxygen atoms in total. The highest BCUT2D eigenvalue weighted by Crippen LogP contribution is 2.69. The Labute approximate surface area is 386 Å². The molecule has 3 saturated carbocycles. The summed E-state index contributed by atoms with van der Waals surface area (Å²) in [5.74, 6) is -0.131. The largest absolute Gasteiger partial charge is 0.466 e. The van der Waals surface area contributed by atoms with Gasteiger partial charge in [-0.15, -0.1) is 0 Å². The van der Waals surface area contributed by atoms with Crippen molar-refractivity contribution in [3.63, 3.8) is 0 Å². The number of hydrogen-bond donors (Lipinski definition) is 5. The Morgan fingerprint density at radius 2 is 1.66 bits per heavy atom. The van der Waals surface area contributed by atoms with Crippen LogP contribution in [0.2, 0.25) is 0 Å². The van der Waals surface area contributed by atoms with E-state index in [0.717, 1.165) is 31.3 Å². The van der Waals surface area contributed by atoms with Gasteiger partial charge >= 0.3 is 11.9 Å². The van der Waals surface area contributed by atoms with Crippen LogP contribution in [0.15, 0.2) is 36.0 Å². The molecule has 1 aliphatic heterocycles. The topological polar surface area (TPSA) is 166 Å². The maximum atomic E-state index is 13.9. The number of aliphatic hydroxyl groups excluding tert-OH is 2. The lowest BCUT2D eigenvalue weighted by molar-refractivity contribution is -0.206. The van der Waals surface area contributed by atoms with E-state index in [1.54, 1.807) is 19.9 Å². The van der Waals surface area contributed by atoms with Gasteiger partial charge in [0.15, 0.2) is 5.78 Å². The minimum atomic E-state index is -1.39. The first-order valence-electron chi connectivity index (χ1n) is 25.0. The fourth-order valence-corrected chi connectivity index (χ4v) is 14.8. The summed E-state index contributed by atoms with van der Waals surface area (Å²) in [6, 6.07) is -0.420. The van der Waals surface area contributed by atoms with E-state index in [1.165, 1.54) is 12.7 Å². The van der Waals surface area contributed by atoms with Gasteiger partial charge < -0.3 is 35.2 Å². The fourth-order valence-electron chi connectivity index (χ4n) is 14.8. The molecular weight excluding hydrogens is 809 g/mol. The van der Waals surface area contributed by atoms with E-state index in [2.05, 4.69) is 64.4 Å². The van der Waals surface area contributed by atoms with Crippen LogP contribution in [0.4, 0.5) is 0 Å². The standard InChI is InChI=1S/C53H88N2O9/c1-14-38-27-33(4)35(6)41(15-2)36(7)46(58)51(11,61)29-32(3)31-55(37(8)47(59)52(38,12)62)26-16-24-54-25-21-44(57)64-53(48(60)63-13)23-20-43-42-18-17-39-28-40(56)19-22-49(39,9)45(42)34(5)30-50(43,53)10/h19,22,28,32,34-38,41-43,45-47,54,58-59,61-62H,4,14-18,20-21,23-27,29-31H2,1-3,5-13H3/t32-,34?,35?,36+,37?,38+,41-,42?,43?,45?,46-,47?,49?,50?,51-,52-,53+/m1/s1. The Hall–Kier alpha value is -2.41. The molecule has 5 N–H and O–H groups in total. The van der Waals surface area contributed by atoms with Crippen molar-refractivity contribution in [3.05, 3.63) is 36.0 Å². The predicted octanol–water partition coefficient (Wildman–Crippen LogP) is 7.59. The lowest BCUT2D eigenvalue weighted by Crippen LogP contribution is -2.61. The van der Waals surface area contributed by atoms with Crippen molar-refractivity contribution in [2.45, 2.75) is 182 Å². The summed E-state index contributed by atoms with van der Waals surface area (Å²) in [6.07, 6.45) is 10.5. The number of nitrogens with zero attached hydrogens (tertiary/aromatic N) is 1. The van der Waals surface area contributed by atoms with E-state index in [1.807, 2.05) is 26.8 Å². The summed E-state index contributed by atoms with van der Waals surface area (Å²) in [5.41, 5.74) is -2.70. The van der Waals surface area contributed by atoms with Crippen LogP contribution in [0.5, 0.6) is 0 Å². The number of hydrogen-bond acceptors (Lipinski definition) is 11. The number of esters is 2. The normalized spacial score (nSPS) is 44.7. The molecule has 0 spiro atoms. The Balaban J connectivity index is 1.24. The number of carbonyl (C=O) groups is 3. The molecule has 5 rings (SSSR count). The number of ketones is 1. The Bertz CT molecular complexity index is 1740. The Morgan fingerprint density at radius 3 is 2.30 bits per heavy atom. The summed E-state index contributed by atoms with van der Waals surface area (Å²) in [6.45, 7) is 29.0. The van der Waals surface area contributed by atoms with Crippen molar-refractivity contribution >= 4 is 17.7 Å². The highest BCUT2D eigenvalue weighted by molar-refractivity contribution is 6.01.